The molecule has 34 heavy (non-hydrogen) atoms. The molecule has 1 fully saturated rings. The molecule has 182 valence electrons. The molecule has 1 aliphatic carbocycles. The Hall–Kier alpha value is -3.14. The molecule has 1 aliphatic rings. The van der Waals surface area contributed by atoms with Crippen LogP contribution in [0.15, 0.2) is 24.4 Å². The van der Waals surface area contributed by atoms with E-state index in [9.17, 15) is 4.39 Å². The van der Waals surface area contributed by atoms with E-state index in [1.807, 2.05) is 25.5 Å². The Morgan fingerprint density at radius 3 is 2.71 bits per heavy atom. The molecule has 0 saturated heterocycles. The maximum Gasteiger partial charge on any atom is 0.178 e. The summed E-state index contributed by atoms with van der Waals surface area (Å²) in [6, 6.07) is 4.16. The lowest BCUT2D eigenvalue weighted by atomic mass is 9.95. The van der Waals surface area contributed by atoms with E-state index in [2.05, 4.69) is 30.8 Å². The second kappa shape index (κ2) is 10.9. The second-order valence-corrected chi connectivity index (χ2v) is 8.92. The van der Waals surface area contributed by atoms with Crippen molar-refractivity contribution in [1.29, 1.82) is 0 Å². The summed E-state index contributed by atoms with van der Waals surface area (Å²) in [5.41, 5.74) is 2.05. The first-order valence-electron chi connectivity index (χ1n) is 11.8. The summed E-state index contributed by atoms with van der Waals surface area (Å²) in [6.07, 6.45) is 7.14. The van der Waals surface area contributed by atoms with Crippen molar-refractivity contribution < 1.29 is 13.9 Å². The van der Waals surface area contributed by atoms with Gasteiger partial charge in [0.2, 0.25) is 0 Å². The van der Waals surface area contributed by atoms with Crippen LogP contribution in [-0.4, -0.2) is 43.4 Å². The number of ether oxygens (including phenoxy) is 2. The monoisotopic (exact) mass is 469 g/mol. The summed E-state index contributed by atoms with van der Waals surface area (Å²) in [5.74, 6) is 1.40. The average molecular weight is 470 g/mol. The van der Waals surface area contributed by atoms with E-state index in [-0.39, 0.29) is 18.0 Å². The summed E-state index contributed by atoms with van der Waals surface area (Å²) in [7, 11) is 1.60. The lowest BCUT2D eigenvalue weighted by Crippen LogP contribution is -2.24. The molecule has 0 bridgehead atoms. The largest absolute Gasteiger partial charge is 0.491 e. The van der Waals surface area contributed by atoms with Crippen molar-refractivity contribution in [3.8, 4) is 5.75 Å². The summed E-state index contributed by atoms with van der Waals surface area (Å²) < 4.78 is 27.6. The zero-order valence-electron chi connectivity index (χ0n) is 20.2. The minimum atomic E-state index is -0.572. The van der Waals surface area contributed by atoms with Gasteiger partial charge in [0.25, 0.3) is 0 Å². The standard InChI is InChI=1S/C24H32FN7O2/c1-15(2)34-21-11-10-17(25)12-19(21)23(28-20-13-26-22(14-33-4)27-16(20)3)24-29-30-31-32(24)18-8-6-5-7-9-18/h10-13,15,18,23,28H,5-9,14H2,1-4H3. The minimum absolute atomic E-state index is 0.0856. The van der Waals surface area contributed by atoms with Gasteiger partial charge in [0.05, 0.1) is 29.7 Å². The third-order valence-corrected chi connectivity index (χ3v) is 5.95. The molecule has 3 aromatic rings. The highest BCUT2D eigenvalue weighted by atomic mass is 19.1. The normalized spacial score (nSPS) is 15.5. The van der Waals surface area contributed by atoms with Crippen LogP contribution in [-0.2, 0) is 11.3 Å². The van der Waals surface area contributed by atoms with Crippen LogP contribution in [0.5, 0.6) is 5.75 Å². The minimum Gasteiger partial charge on any atom is -0.491 e. The van der Waals surface area contributed by atoms with Gasteiger partial charge in [0, 0.05) is 12.7 Å². The fraction of sp³-hybridized carbons (Fsp3) is 0.542. The Labute approximate surface area is 199 Å². The molecule has 1 unspecified atom stereocenters. The lowest BCUT2D eigenvalue weighted by Gasteiger charge is -2.27. The number of tetrazole rings is 1. The molecule has 10 heteroatoms. The molecular weight excluding hydrogens is 437 g/mol. The molecule has 1 N–H and O–H groups in total. The van der Waals surface area contributed by atoms with Gasteiger partial charge in [-0.1, -0.05) is 19.3 Å². The average Bonchev–Trinajstić information content (AvgIpc) is 3.30. The number of anilines is 1. The Bertz CT molecular complexity index is 1100. The van der Waals surface area contributed by atoms with E-state index >= 15 is 0 Å². The van der Waals surface area contributed by atoms with Gasteiger partial charge in [-0.2, -0.15) is 0 Å². The Kier molecular flexibility index (Phi) is 7.66. The quantitative estimate of drug-likeness (QED) is 0.487. The molecule has 1 aromatic carbocycles. The van der Waals surface area contributed by atoms with Gasteiger partial charge >= 0.3 is 0 Å². The number of nitrogens with zero attached hydrogens (tertiary/aromatic N) is 6. The third kappa shape index (κ3) is 5.49. The molecule has 0 aliphatic heterocycles. The van der Waals surface area contributed by atoms with Gasteiger partial charge in [-0.3, -0.25) is 0 Å². The Morgan fingerprint density at radius 2 is 2.00 bits per heavy atom. The second-order valence-electron chi connectivity index (χ2n) is 8.92. The van der Waals surface area contributed by atoms with Gasteiger partial charge in [0.1, 0.15) is 24.2 Å². The van der Waals surface area contributed by atoms with Gasteiger partial charge < -0.3 is 14.8 Å². The maximum absolute atomic E-state index is 14.5. The number of benzene rings is 1. The molecule has 2 aromatic heterocycles. The highest BCUT2D eigenvalue weighted by Gasteiger charge is 2.29. The van der Waals surface area contributed by atoms with Crippen LogP contribution in [0, 0.1) is 12.7 Å². The van der Waals surface area contributed by atoms with Crippen LogP contribution in [0.25, 0.3) is 0 Å². The van der Waals surface area contributed by atoms with E-state index in [1.165, 1.54) is 18.6 Å². The zero-order chi connectivity index (χ0) is 24.1. The number of aromatic nitrogens is 6. The summed E-state index contributed by atoms with van der Waals surface area (Å²) in [5, 5.41) is 16.2. The highest BCUT2D eigenvalue weighted by molar-refractivity contribution is 5.52. The topological polar surface area (TPSA) is 99.9 Å². The number of nitrogens with one attached hydrogen (secondary N) is 1. The Morgan fingerprint density at radius 1 is 1.21 bits per heavy atom. The van der Waals surface area contributed by atoms with Crippen molar-refractivity contribution in [3.05, 3.63) is 53.1 Å². The fourth-order valence-corrected chi connectivity index (χ4v) is 4.37. The molecule has 2 heterocycles. The third-order valence-electron chi connectivity index (χ3n) is 5.95. The fourth-order valence-electron chi connectivity index (χ4n) is 4.37. The predicted molar refractivity (Wildman–Crippen MR) is 125 cm³/mol. The van der Waals surface area contributed by atoms with E-state index in [4.69, 9.17) is 9.47 Å². The molecule has 0 amide bonds. The zero-order valence-corrected chi connectivity index (χ0v) is 20.2. The first kappa shape index (κ1) is 24.0. The van der Waals surface area contributed by atoms with Crippen molar-refractivity contribution in [3.63, 3.8) is 0 Å². The molecule has 9 nitrogen and oxygen atoms in total. The van der Waals surface area contributed by atoms with Crippen LogP contribution < -0.4 is 10.1 Å². The molecule has 1 atom stereocenters. The van der Waals surface area contributed by atoms with Crippen LogP contribution in [0.3, 0.4) is 0 Å². The van der Waals surface area contributed by atoms with Crippen LogP contribution in [0.2, 0.25) is 0 Å². The predicted octanol–water partition coefficient (Wildman–Crippen LogP) is 4.55. The van der Waals surface area contributed by atoms with Gasteiger partial charge in [-0.05, 0) is 62.2 Å². The molecule has 4 rings (SSSR count). The van der Waals surface area contributed by atoms with E-state index in [0.29, 0.717) is 35.3 Å². The number of aryl methyl sites for hydroxylation is 1. The van der Waals surface area contributed by atoms with E-state index < -0.39 is 6.04 Å². The first-order valence-corrected chi connectivity index (χ1v) is 11.8. The summed E-state index contributed by atoms with van der Waals surface area (Å²) >= 11 is 0. The Balaban J connectivity index is 1.79. The van der Waals surface area contributed by atoms with Crippen molar-refractivity contribution in [2.75, 3.05) is 12.4 Å². The van der Waals surface area contributed by atoms with Gasteiger partial charge in [-0.15, -0.1) is 5.10 Å². The van der Waals surface area contributed by atoms with Crippen LogP contribution in [0.4, 0.5) is 10.1 Å². The summed E-state index contributed by atoms with van der Waals surface area (Å²) in [4.78, 5) is 8.92. The number of methoxy groups -OCH3 is 1. The van der Waals surface area contributed by atoms with Crippen molar-refractivity contribution in [2.45, 2.75) is 77.7 Å². The number of halogens is 1. The number of rotatable bonds is 9. The number of hydrogen-bond donors (Lipinski definition) is 1. The van der Waals surface area contributed by atoms with Crippen molar-refractivity contribution >= 4 is 5.69 Å². The molecular formula is C24H32FN7O2. The number of hydrogen-bond acceptors (Lipinski definition) is 8. The lowest BCUT2D eigenvalue weighted by molar-refractivity contribution is 0.177. The summed E-state index contributed by atoms with van der Waals surface area (Å²) in [6.45, 7) is 6.09. The van der Waals surface area contributed by atoms with E-state index in [1.54, 1.807) is 19.4 Å². The molecule has 0 spiro atoms. The maximum atomic E-state index is 14.5. The van der Waals surface area contributed by atoms with Crippen molar-refractivity contribution in [2.24, 2.45) is 0 Å². The van der Waals surface area contributed by atoms with Crippen LogP contribution in [0.1, 0.15) is 80.9 Å². The van der Waals surface area contributed by atoms with Gasteiger partial charge in [0.15, 0.2) is 11.6 Å². The first-order chi connectivity index (χ1) is 16.5. The van der Waals surface area contributed by atoms with Crippen LogP contribution >= 0.6 is 0 Å². The highest BCUT2D eigenvalue weighted by Crippen LogP contribution is 2.36. The molecule has 0 radical (unpaired) electrons. The van der Waals surface area contributed by atoms with E-state index in [0.717, 1.165) is 31.4 Å². The van der Waals surface area contributed by atoms with Crippen molar-refractivity contribution in [1.82, 2.24) is 30.2 Å². The van der Waals surface area contributed by atoms with Gasteiger partial charge in [-0.25, -0.2) is 19.0 Å². The molecule has 1 saturated carbocycles. The smallest absolute Gasteiger partial charge is 0.178 e. The SMILES string of the molecule is COCc1ncc(NC(c2cc(F)ccc2OC(C)C)c2nnnn2C2CCCCC2)c(C)n1.